The molecular formula is C13H27N5O2. The first-order chi connectivity index (χ1) is 9.29. The third-order valence-electron chi connectivity index (χ3n) is 3.97. The van der Waals surface area contributed by atoms with Crippen molar-refractivity contribution < 1.29 is 9.53 Å². The Morgan fingerprint density at radius 1 is 1.35 bits per heavy atom. The van der Waals surface area contributed by atoms with Gasteiger partial charge in [0.25, 0.3) is 0 Å². The molecule has 1 saturated carbocycles. The lowest BCUT2D eigenvalue weighted by Crippen LogP contribution is -2.69. The molecule has 2 fully saturated rings. The van der Waals surface area contributed by atoms with Gasteiger partial charge in [-0.15, -0.1) is 0 Å². The Morgan fingerprint density at radius 3 is 2.65 bits per heavy atom. The van der Waals surface area contributed by atoms with E-state index in [0.29, 0.717) is 6.54 Å². The van der Waals surface area contributed by atoms with Gasteiger partial charge in [0.15, 0.2) is 0 Å². The van der Waals surface area contributed by atoms with Crippen molar-refractivity contribution in [2.75, 3.05) is 13.1 Å². The van der Waals surface area contributed by atoms with Gasteiger partial charge in [0.1, 0.15) is 5.60 Å². The number of nitrogens with zero attached hydrogens (tertiary/aromatic N) is 2. The first-order valence-corrected chi connectivity index (χ1v) is 7.31. The van der Waals surface area contributed by atoms with E-state index in [1.807, 2.05) is 25.7 Å². The van der Waals surface area contributed by atoms with Crippen LogP contribution in [0.2, 0.25) is 0 Å². The number of rotatable bonds is 1. The van der Waals surface area contributed by atoms with Crippen molar-refractivity contribution in [2.24, 2.45) is 11.7 Å². The minimum Gasteiger partial charge on any atom is -0.444 e. The van der Waals surface area contributed by atoms with Crippen LogP contribution in [0, 0.1) is 0 Å². The SMILES string of the molecule is CC(C)(C)OC(=O)N1CCNC2C(N(N)N)CCCC21. The number of nitrogens with two attached hydrogens (primary N) is 2. The fourth-order valence-electron chi connectivity index (χ4n) is 3.17. The second kappa shape index (κ2) is 5.85. The first-order valence-electron chi connectivity index (χ1n) is 7.31. The zero-order chi connectivity index (χ0) is 14.9. The molecule has 1 saturated heterocycles. The van der Waals surface area contributed by atoms with Gasteiger partial charge < -0.3 is 15.0 Å². The van der Waals surface area contributed by atoms with Gasteiger partial charge in [-0.3, -0.25) is 11.7 Å². The van der Waals surface area contributed by atoms with Crippen LogP contribution >= 0.6 is 0 Å². The van der Waals surface area contributed by atoms with E-state index in [-0.39, 0.29) is 24.2 Å². The molecule has 0 spiro atoms. The van der Waals surface area contributed by atoms with Crippen LogP contribution in [0.15, 0.2) is 0 Å². The number of hydrazine groups is 2. The van der Waals surface area contributed by atoms with Crippen LogP contribution in [-0.2, 0) is 4.74 Å². The van der Waals surface area contributed by atoms with Gasteiger partial charge in [-0.05, 0) is 40.0 Å². The highest BCUT2D eigenvalue weighted by Crippen LogP contribution is 2.28. The third-order valence-corrected chi connectivity index (χ3v) is 3.97. The zero-order valence-corrected chi connectivity index (χ0v) is 12.6. The number of hydrogen-bond donors (Lipinski definition) is 3. The quantitative estimate of drug-likeness (QED) is 0.469. The molecule has 0 radical (unpaired) electrons. The zero-order valence-electron chi connectivity index (χ0n) is 12.6. The summed E-state index contributed by atoms with van der Waals surface area (Å²) in [4.78, 5) is 14.2. The molecule has 0 aromatic heterocycles. The Hall–Kier alpha value is -0.890. The number of ether oxygens (including phenoxy) is 1. The summed E-state index contributed by atoms with van der Waals surface area (Å²) < 4.78 is 5.51. The Labute approximate surface area is 120 Å². The topological polar surface area (TPSA) is 96.8 Å². The molecule has 1 heterocycles. The van der Waals surface area contributed by atoms with Crippen molar-refractivity contribution >= 4 is 6.09 Å². The predicted molar refractivity (Wildman–Crippen MR) is 76.4 cm³/mol. The van der Waals surface area contributed by atoms with Crippen molar-refractivity contribution in [3.05, 3.63) is 0 Å². The second-order valence-electron chi connectivity index (χ2n) is 6.67. The summed E-state index contributed by atoms with van der Waals surface area (Å²) >= 11 is 0. The lowest BCUT2D eigenvalue weighted by atomic mass is 9.84. The highest BCUT2D eigenvalue weighted by Gasteiger charge is 2.43. The molecule has 3 unspecified atom stereocenters. The second-order valence-corrected chi connectivity index (χ2v) is 6.67. The molecule has 2 rings (SSSR count). The van der Waals surface area contributed by atoms with E-state index in [1.54, 1.807) is 0 Å². The summed E-state index contributed by atoms with van der Waals surface area (Å²) in [7, 11) is 0. The van der Waals surface area contributed by atoms with Crippen molar-refractivity contribution in [1.29, 1.82) is 0 Å². The molecule has 5 N–H and O–H groups in total. The van der Waals surface area contributed by atoms with E-state index in [4.69, 9.17) is 16.4 Å². The van der Waals surface area contributed by atoms with Gasteiger partial charge in [0.05, 0.1) is 12.1 Å². The van der Waals surface area contributed by atoms with Crippen LogP contribution in [0.5, 0.6) is 0 Å². The molecule has 1 amide bonds. The van der Waals surface area contributed by atoms with Crippen LogP contribution in [0.4, 0.5) is 4.79 Å². The molecular weight excluding hydrogens is 258 g/mol. The number of nitrogens with one attached hydrogen (secondary N) is 1. The number of fused-ring (bicyclic) bond motifs is 1. The van der Waals surface area contributed by atoms with Crippen molar-refractivity contribution in [3.8, 4) is 0 Å². The Kier molecular flexibility index (Phi) is 4.53. The molecule has 3 atom stereocenters. The summed E-state index contributed by atoms with van der Waals surface area (Å²) in [6.45, 7) is 7.06. The van der Waals surface area contributed by atoms with Crippen molar-refractivity contribution in [3.63, 3.8) is 0 Å². The molecule has 20 heavy (non-hydrogen) atoms. The van der Waals surface area contributed by atoms with Crippen LogP contribution in [0.3, 0.4) is 0 Å². The lowest BCUT2D eigenvalue weighted by Gasteiger charge is -2.48. The molecule has 2 aliphatic rings. The van der Waals surface area contributed by atoms with Crippen LogP contribution in [0.25, 0.3) is 0 Å². The minimum absolute atomic E-state index is 0.0546. The summed E-state index contributed by atoms with van der Waals surface area (Å²) in [6.07, 6.45) is 2.68. The van der Waals surface area contributed by atoms with Gasteiger partial charge in [-0.25, -0.2) is 4.79 Å². The number of amides is 1. The van der Waals surface area contributed by atoms with Gasteiger partial charge in [-0.2, -0.15) is 5.12 Å². The molecule has 0 bridgehead atoms. The minimum atomic E-state index is -0.473. The van der Waals surface area contributed by atoms with Gasteiger partial charge >= 0.3 is 6.09 Å². The number of carbonyl (C=O) groups is 1. The average Bonchev–Trinajstić information content (AvgIpc) is 2.35. The number of hydrogen-bond acceptors (Lipinski definition) is 6. The summed E-state index contributed by atoms with van der Waals surface area (Å²) in [6, 6.07) is 0.269. The van der Waals surface area contributed by atoms with Crippen LogP contribution in [-0.4, -0.2) is 52.9 Å². The van der Waals surface area contributed by atoms with E-state index in [1.165, 1.54) is 5.12 Å². The number of carbonyl (C=O) groups excluding carboxylic acids is 1. The normalized spacial score (nSPS) is 31.1. The lowest BCUT2D eigenvalue weighted by molar-refractivity contribution is -0.0150. The van der Waals surface area contributed by atoms with E-state index in [0.717, 1.165) is 25.8 Å². The average molecular weight is 285 g/mol. The van der Waals surface area contributed by atoms with Gasteiger partial charge in [0.2, 0.25) is 0 Å². The summed E-state index contributed by atoms with van der Waals surface area (Å²) in [5.74, 6) is 11.5. The maximum atomic E-state index is 12.3. The van der Waals surface area contributed by atoms with Crippen LogP contribution < -0.4 is 17.0 Å². The molecule has 0 aromatic rings. The number of piperazine rings is 1. The summed E-state index contributed by atoms with van der Waals surface area (Å²) in [5, 5.41) is 4.73. The maximum absolute atomic E-state index is 12.3. The van der Waals surface area contributed by atoms with E-state index in [9.17, 15) is 4.79 Å². The largest absolute Gasteiger partial charge is 0.444 e. The highest BCUT2D eigenvalue weighted by molar-refractivity contribution is 5.69. The van der Waals surface area contributed by atoms with Gasteiger partial charge in [0, 0.05) is 19.1 Å². The highest BCUT2D eigenvalue weighted by atomic mass is 16.6. The molecule has 7 nitrogen and oxygen atoms in total. The van der Waals surface area contributed by atoms with E-state index < -0.39 is 5.60 Å². The van der Waals surface area contributed by atoms with Crippen molar-refractivity contribution in [2.45, 2.75) is 63.8 Å². The molecule has 116 valence electrons. The standard InChI is InChI=1S/C13H27N5O2/c1-13(2,3)20-12(19)17-8-7-16-11-9(17)5-4-6-10(11)18(14)15/h9-11,16H,4-8,14-15H2,1-3H3. The predicted octanol–water partition coefficient (Wildman–Crippen LogP) is 0.166. The first kappa shape index (κ1) is 15.5. The fraction of sp³-hybridized carbons (Fsp3) is 0.923. The van der Waals surface area contributed by atoms with E-state index >= 15 is 0 Å². The Bertz CT molecular complexity index is 355. The molecule has 0 aromatic carbocycles. The monoisotopic (exact) mass is 285 g/mol. The van der Waals surface area contributed by atoms with Crippen LogP contribution in [0.1, 0.15) is 40.0 Å². The smallest absolute Gasteiger partial charge is 0.410 e. The molecule has 7 heteroatoms. The third kappa shape index (κ3) is 3.41. The Morgan fingerprint density at radius 2 is 2.05 bits per heavy atom. The Balaban J connectivity index is 2.09. The molecule has 1 aliphatic carbocycles. The summed E-state index contributed by atoms with van der Waals surface area (Å²) in [5.41, 5.74) is -0.473. The fourth-order valence-corrected chi connectivity index (χ4v) is 3.17. The maximum Gasteiger partial charge on any atom is 0.410 e. The van der Waals surface area contributed by atoms with Gasteiger partial charge in [-0.1, -0.05) is 0 Å². The molecule has 1 aliphatic heterocycles. The van der Waals surface area contributed by atoms with E-state index in [2.05, 4.69) is 5.32 Å². The van der Waals surface area contributed by atoms with Crippen molar-refractivity contribution in [1.82, 2.24) is 15.3 Å².